The van der Waals surface area contributed by atoms with Crippen LogP contribution in [0.4, 0.5) is 0 Å². The van der Waals surface area contributed by atoms with Gasteiger partial charge in [0.15, 0.2) is 0 Å². The van der Waals surface area contributed by atoms with Gasteiger partial charge in [0.25, 0.3) is 0 Å². The molecule has 1 aliphatic heterocycles. The first kappa shape index (κ1) is 6.85. The van der Waals surface area contributed by atoms with Crippen LogP contribution in [0.1, 0.15) is 30.9 Å². The largest absolute Gasteiger partial charge is 0.310 e. The molecule has 2 N–H and O–H groups in total. The molecule has 0 saturated carbocycles. The molecule has 0 bridgehead atoms. The molecule has 3 nitrogen and oxygen atoms in total. The summed E-state index contributed by atoms with van der Waals surface area (Å²) in [5, 5.41) is 10.2. The molecule has 2 heterocycles. The Morgan fingerprint density at radius 1 is 1.45 bits per heavy atom. The van der Waals surface area contributed by atoms with E-state index in [4.69, 9.17) is 0 Å². The van der Waals surface area contributed by atoms with E-state index in [9.17, 15) is 0 Å². The van der Waals surface area contributed by atoms with E-state index in [0.29, 0.717) is 6.04 Å². The van der Waals surface area contributed by atoms with Gasteiger partial charge in [-0.1, -0.05) is 6.42 Å². The average molecular weight is 151 g/mol. The highest BCUT2D eigenvalue weighted by molar-refractivity contribution is 5.09. The van der Waals surface area contributed by atoms with E-state index in [-0.39, 0.29) is 0 Å². The summed E-state index contributed by atoms with van der Waals surface area (Å²) in [6.45, 7) is 1.15. The predicted molar refractivity (Wildman–Crippen MR) is 43.2 cm³/mol. The van der Waals surface area contributed by atoms with Gasteiger partial charge in [0.05, 0.1) is 6.20 Å². The molecule has 11 heavy (non-hydrogen) atoms. The molecule has 1 aromatic rings. The average Bonchev–Trinajstić information content (AvgIpc) is 2.58. The maximum Gasteiger partial charge on any atom is 0.0535 e. The van der Waals surface area contributed by atoms with Gasteiger partial charge >= 0.3 is 0 Å². The second-order valence-electron chi connectivity index (χ2n) is 3.03. The molecule has 1 saturated heterocycles. The molecule has 3 heteroatoms. The second kappa shape index (κ2) is 3.05. The van der Waals surface area contributed by atoms with Gasteiger partial charge < -0.3 is 5.32 Å². The summed E-state index contributed by atoms with van der Waals surface area (Å²) >= 11 is 0. The molecule has 0 spiro atoms. The van der Waals surface area contributed by atoms with Crippen molar-refractivity contribution in [2.45, 2.75) is 25.3 Å². The lowest BCUT2D eigenvalue weighted by Gasteiger charge is -2.21. The van der Waals surface area contributed by atoms with Crippen LogP contribution < -0.4 is 5.32 Å². The highest BCUT2D eigenvalue weighted by Crippen LogP contribution is 2.20. The van der Waals surface area contributed by atoms with Gasteiger partial charge in [0, 0.05) is 17.8 Å². The maximum absolute atomic E-state index is 3.93. The van der Waals surface area contributed by atoms with Crippen LogP contribution >= 0.6 is 0 Å². The highest BCUT2D eigenvalue weighted by atomic mass is 15.1. The van der Waals surface area contributed by atoms with Gasteiger partial charge in [-0.05, 0) is 19.4 Å². The summed E-state index contributed by atoms with van der Waals surface area (Å²) in [5.74, 6) is 0. The van der Waals surface area contributed by atoms with Crippen molar-refractivity contribution in [3.63, 3.8) is 0 Å². The van der Waals surface area contributed by atoms with E-state index < -0.39 is 0 Å². The molecule has 1 aromatic heterocycles. The number of nitrogens with zero attached hydrogens (tertiary/aromatic N) is 1. The number of hydrogen-bond acceptors (Lipinski definition) is 2. The summed E-state index contributed by atoms with van der Waals surface area (Å²) < 4.78 is 0. The lowest BCUT2D eigenvalue weighted by Crippen LogP contribution is -2.26. The van der Waals surface area contributed by atoms with Crippen LogP contribution in [0.3, 0.4) is 0 Å². The van der Waals surface area contributed by atoms with Crippen molar-refractivity contribution in [2.75, 3.05) is 6.54 Å². The smallest absolute Gasteiger partial charge is 0.0535 e. The van der Waals surface area contributed by atoms with Gasteiger partial charge in [-0.2, -0.15) is 5.10 Å². The number of rotatable bonds is 1. The third kappa shape index (κ3) is 1.43. The van der Waals surface area contributed by atoms with Crippen molar-refractivity contribution in [1.29, 1.82) is 0 Å². The molecule has 1 atom stereocenters. The fourth-order valence-electron chi connectivity index (χ4n) is 1.59. The summed E-state index contributed by atoms with van der Waals surface area (Å²) in [5.41, 5.74) is 1.30. The molecule has 1 unspecified atom stereocenters. The van der Waals surface area contributed by atoms with Crippen molar-refractivity contribution in [2.24, 2.45) is 0 Å². The van der Waals surface area contributed by atoms with E-state index >= 15 is 0 Å². The molecule has 0 aliphatic carbocycles. The number of piperidine rings is 1. The minimum absolute atomic E-state index is 0.544. The fourth-order valence-corrected chi connectivity index (χ4v) is 1.59. The van der Waals surface area contributed by atoms with E-state index in [1.807, 2.05) is 12.4 Å². The van der Waals surface area contributed by atoms with Crippen LogP contribution in [0.2, 0.25) is 0 Å². The Hall–Kier alpha value is -0.830. The van der Waals surface area contributed by atoms with Gasteiger partial charge in [0.2, 0.25) is 0 Å². The standard InChI is InChI=1S/C8H13N3/c1-2-4-9-8(3-1)7-5-10-11-6-7/h5-6,8-9H,1-4H2,(H,10,11). The number of hydrogen-bond donors (Lipinski definition) is 2. The zero-order valence-electron chi connectivity index (χ0n) is 6.51. The van der Waals surface area contributed by atoms with E-state index in [1.54, 1.807) is 0 Å². The molecule has 0 radical (unpaired) electrons. The SMILES string of the molecule is c1n[nH]cc1C1CCCCN1. The fraction of sp³-hybridized carbons (Fsp3) is 0.625. The third-order valence-corrected chi connectivity index (χ3v) is 2.23. The Labute approximate surface area is 66.2 Å². The maximum atomic E-state index is 3.93. The van der Waals surface area contributed by atoms with Gasteiger partial charge in [-0.3, -0.25) is 5.10 Å². The van der Waals surface area contributed by atoms with Crippen LogP contribution in [-0.4, -0.2) is 16.7 Å². The highest BCUT2D eigenvalue weighted by Gasteiger charge is 2.14. The van der Waals surface area contributed by atoms with Crippen molar-refractivity contribution < 1.29 is 0 Å². The molecule has 1 aliphatic rings. The lowest BCUT2D eigenvalue weighted by molar-refractivity contribution is 0.412. The Balaban J connectivity index is 2.04. The zero-order valence-corrected chi connectivity index (χ0v) is 6.51. The number of aromatic nitrogens is 2. The quantitative estimate of drug-likeness (QED) is 0.633. The first-order valence-electron chi connectivity index (χ1n) is 4.19. The summed E-state index contributed by atoms with van der Waals surface area (Å²) in [7, 11) is 0. The van der Waals surface area contributed by atoms with Crippen LogP contribution in [0.15, 0.2) is 12.4 Å². The van der Waals surface area contributed by atoms with Gasteiger partial charge in [0.1, 0.15) is 0 Å². The van der Waals surface area contributed by atoms with Gasteiger partial charge in [-0.15, -0.1) is 0 Å². The molecular weight excluding hydrogens is 138 g/mol. The molecular formula is C8H13N3. The number of H-pyrrole nitrogens is 1. The normalized spacial score (nSPS) is 25.3. The van der Waals surface area contributed by atoms with Crippen LogP contribution in [0, 0.1) is 0 Å². The number of nitrogens with one attached hydrogen (secondary N) is 2. The van der Waals surface area contributed by atoms with Crippen LogP contribution in [0.25, 0.3) is 0 Å². The van der Waals surface area contributed by atoms with E-state index in [2.05, 4.69) is 15.5 Å². The van der Waals surface area contributed by atoms with Crippen LogP contribution in [0.5, 0.6) is 0 Å². The second-order valence-corrected chi connectivity index (χ2v) is 3.03. The minimum Gasteiger partial charge on any atom is -0.310 e. The molecule has 0 aromatic carbocycles. The monoisotopic (exact) mass is 151 g/mol. The minimum atomic E-state index is 0.544. The Kier molecular flexibility index (Phi) is 1.90. The van der Waals surface area contributed by atoms with E-state index in [1.165, 1.54) is 24.8 Å². The van der Waals surface area contributed by atoms with Gasteiger partial charge in [-0.25, -0.2) is 0 Å². The number of aromatic amines is 1. The van der Waals surface area contributed by atoms with E-state index in [0.717, 1.165) is 6.54 Å². The first-order chi connectivity index (χ1) is 5.47. The van der Waals surface area contributed by atoms with Crippen molar-refractivity contribution >= 4 is 0 Å². The topological polar surface area (TPSA) is 40.7 Å². The molecule has 0 amide bonds. The van der Waals surface area contributed by atoms with Crippen molar-refractivity contribution in [3.8, 4) is 0 Å². The Morgan fingerprint density at radius 3 is 3.09 bits per heavy atom. The van der Waals surface area contributed by atoms with Crippen molar-refractivity contribution in [3.05, 3.63) is 18.0 Å². The lowest BCUT2D eigenvalue weighted by atomic mass is 10.0. The summed E-state index contributed by atoms with van der Waals surface area (Å²) in [6.07, 6.45) is 7.78. The predicted octanol–water partition coefficient (Wildman–Crippen LogP) is 1.22. The summed E-state index contributed by atoms with van der Waals surface area (Å²) in [6, 6.07) is 0.544. The zero-order chi connectivity index (χ0) is 7.52. The Bertz CT molecular complexity index is 199. The molecule has 2 rings (SSSR count). The third-order valence-electron chi connectivity index (χ3n) is 2.23. The van der Waals surface area contributed by atoms with Crippen LogP contribution in [-0.2, 0) is 0 Å². The molecule has 60 valence electrons. The Morgan fingerprint density at radius 2 is 2.45 bits per heavy atom. The summed E-state index contributed by atoms with van der Waals surface area (Å²) in [4.78, 5) is 0. The molecule has 1 fully saturated rings. The first-order valence-corrected chi connectivity index (χ1v) is 4.19. The van der Waals surface area contributed by atoms with Crippen molar-refractivity contribution in [1.82, 2.24) is 15.5 Å².